The summed E-state index contributed by atoms with van der Waals surface area (Å²) in [6.45, 7) is 0. The number of thiophene rings is 1. The van der Waals surface area contributed by atoms with E-state index in [9.17, 15) is 9.60 Å². The van der Waals surface area contributed by atoms with E-state index >= 15 is 0 Å². The molecule has 0 amide bonds. The minimum Gasteiger partial charge on any atom is -0.135 e. The Labute approximate surface area is 250 Å². The standard InChI is InChI=1S/C36H22S/c1-2-12-25-23(10-1)11-9-18-27(25)36-30-16-5-3-14-28(30)35(29-15-4-6-17-31(29)36)24-20-21-34-32(22-24)26-13-7-8-19-33(26)37-34/h1-22H/i1D,2D,3D,4D,5D,6D,7D,8D,9D,10D,11D,12D,13D,14D,15D,16D,17D,18D,19D,20D,21D,22D. The van der Waals surface area contributed by atoms with Crippen LogP contribution in [0.1, 0.15) is 30.2 Å². The number of hydrogen-bond acceptors (Lipinski definition) is 1. The third kappa shape index (κ3) is 3.08. The fourth-order valence-electron chi connectivity index (χ4n) is 4.55. The quantitative estimate of drug-likeness (QED) is 0.204. The van der Waals surface area contributed by atoms with E-state index < -0.39 is 188 Å². The largest absolute Gasteiger partial charge is 0.135 e. The van der Waals surface area contributed by atoms with Crippen LogP contribution >= 0.6 is 11.3 Å². The van der Waals surface area contributed by atoms with Gasteiger partial charge in [-0.2, -0.15) is 0 Å². The molecule has 8 aromatic rings. The van der Waals surface area contributed by atoms with Crippen LogP contribution < -0.4 is 0 Å². The summed E-state index contributed by atoms with van der Waals surface area (Å²) < 4.78 is 195. The first-order chi connectivity index (χ1) is 27.5. The van der Waals surface area contributed by atoms with Crippen molar-refractivity contribution in [2.75, 3.05) is 0 Å². The topological polar surface area (TPSA) is 0 Å². The lowest BCUT2D eigenvalue weighted by Gasteiger charge is -2.19. The lowest BCUT2D eigenvalue weighted by atomic mass is 9.84. The van der Waals surface area contributed by atoms with Crippen molar-refractivity contribution in [3.63, 3.8) is 0 Å². The Bertz CT molecular complexity index is 3260. The molecule has 0 spiro atoms. The Morgan fingerprint density at radius 3 is 1.68 bits per heavy atom. The number of benzene rings is 7. The Morgan fingerprint density at radius 2 is 0.946 bits per heavy atom. The highest BCUT2D eigenvalue weighted by Crippen LogP contribution is 2.46. The molecule has 8 rings (SSSR count). The summed E-state index contributed by atoms with van der Waals surface area (Å²) in [5, 5.41) is -3.95. The molecule has 1 aromatic heterocycles. The average molecular weight is 509 g/mol. The molecule has 0 radical (unpaired) electrons. The van der Waals surface area contributed by atoms with Crippen LogP contribution in [0.3, 0.4) is 0 Å². The van der Waals surface area contributed by atoms with Crippen molar-refractivity contribution in [1.82, 2.24) is 0 Å². The van der Waals surface area contributed by atoms with Crippen LogP contribution in [0.2, 0.25) is 0 Å². The molecule has 172 valence electrons. The van der Waals surface area contributed by atoms with Gasteiger partial charge in [-0.25, -0.2) is 0 Å². The molecular weight excluding hydrogens is 464 g/mol. The molecule has 0 saturated carbocycles. The van der Waals surface area contributed by atoms with E-state index in [1.165, 1.54) is 0 Å². The molecule has 0 atom stereocenters. The first kappa shape index (κ1) is 8.55. The summed E-state index contributed by atoms with van der Waals surface area (Å²) in [5.41, 5.74) is -2.39. The first-order valence-electron chi connectivity index (χ1n) is 21.9. The molecular formula is C36H22S. The summed E-state index contributed by atoms with van der Waals surface area (Å²) in [7, 11) is 0. The summed E-state index contributed by atoms with van der Waals surface area (Å²) in [4.78, 5) is 0. The van der Waals surface area contributed by atoms with E-state index in [2.05, 4.69) is 0 Å². The van der Waals surface area contributed by atoms with Crippen LogP contribution in [0.4, 0.5) is 0 Å². The predicted octanol–water partition coefficient (Wildman–Crippen LogP) is 10.8. The van der Waals surface area contributed by atoms with Gasteiger partial charge in [-0.1, -0.05) is 115 Å². The smallest absolute Gasteiger partial charge is 0.0638 e. The molecule has 1 heterocycles. The molecule has 0 aliphatic rings. The van der Waals surface area contributed by atoms with Gasteiger partial charge in [0.1, 0.15) is 0 Å². The SMILES string of the molecule is [2H]c1c([2H])c([2H])c2c(sc3c([2H])c([2H])c(-c4c5c([2H])c([2H])c([2H])c([2H])c5c(-c5c([2H])c([2H])c([2H])c6c([2H])c([2H])c([2H])c([2H])c56)c5c([2H])c([2H])c([2H])c([2H])c45)c([2H])c32)c1[2H]. The maximum Gasteiger partial charge on any atom is 0.0638 e. The number of hydrogen-bond donors (Lipinski definition) is 0. The van der Waals surface area contributed by atoms with Crippen LogP contribution in [0, 0.1) is 0 Å². The highest BCUT2D eigenvalue weighted by atomic mass is 32.1. The minimum absolute atomic E-state index is 0.0538. The Kier molecular flexibility index (Phi) is 1.85. The summed E-state index contributed by atoms with van der Waals surface area (Å²) in [5.74, 6) is 0. The van der Waals surface area contributed by atoms with Crippen molar-refractivity contribution in [3.8, 4) is 22.3 Å². The summed E-state index contributed by atoms with van der Waals surface area (Å²) >= 11 is 0.723. The van der Waals surface area contributed by atoms with Crippen molar-refractivity contribution in [2.24, 2.45) is 0 Å². The molecule has 37 heavy (non-hydrogen) atoms. The van der Waals surface area contributed by atoms with Gasteiger partial charge in [-0.15, -0.1) is 11.3 Å². The highest BCUT2D eigenvalue weighted by molar-refractivity contribution is 7.25. The molecule has 0 nitrogen and oxygen atoms in total. The average Bonchev–Trinajstić information content (AvgIpc) is 3.62. The van der Waals surface area contributed by atoms with Crippen LogP contribution in [0.15, 0.2) is 133 Å². The maximum atomic E-state index is 9.61. The second-order valence-corrected chi connectivity index (χ2v) is 9.03. The Hall–Kier alpha value is -4.46. The maximum absolute atomic E-state index is 9.61. The van der Waals surface area contributed by atoms with Gasteiger partial charge in [-0.05, 0) is 72.7 Å². The van der Waals surface area contributed by atoms with Gasteiger partial charge >= 0.3 is 0 Å². The van der Waals surface area contributed by atoms with Crippen LogP contribution in [0.5, 0.6) is 0 Å². The van der Waals surface area contributed by atoms with Gasteiger partial charge < -0.3 is 0 Å². The Morgan fingerprint density at radius 1 is 0.405 bits per heavy atom. The van der Waals surface area contributed by atoms with Gasteiger partial charge in [0, 0.05) is 20.2 Å². The van der Waals surface area contributed by atoms with Gasteiger partial charge in [0.25, 0.3) is 0 Å². The Balaban J connectivity index is 1.79. The van der Waals surface area contributed by atoms with Gasteiger partial charge in [0.05, 0.1) is 30.2 Å². The second-order valence-electron chi connectivity index (χ2n) is 8.01. The monoisotopic (exact) mass is 508 g/mol. The number of rotatable bonds is 2. The van der Waals surface area contributed by atoms with Crippen molar-refractivity contribution < 1.29 is 30.2 Å². The van der Waals surface area contributed by atoms with Crippen LogP contribution in [0.25, 0.3) is 74.7 Å². The third-order valence-electron chi connectivity index (χ3n) is 6.07. The minimum atomic E-state index is -0.899. The lowest BCUT2D eigenvalue weighted by molar-refractivity contribution is 1.69. The highest BCUT2D eigenvalue weighted by Gasteiger charge is 2.18. The molecule has 0 aliphatic heterocycles. The van der Waals surface area contributed by atoms with Crippen LogP contribution in [-0.2, 0) is 0 Å². The molecule has 7 aromatic carbocycles. The third-order valence-corrected chi connectivity index (χ3v) is 7.09. The van der Waals surface area contributed by atoms with Crippen LogP contribution in [-0.4, -0.2) is 0 Å². The second kappa shape index (κ2) is 8.03. The van der Waals surface area contributed by atoms with Crippen molar-refractivity contribution >= 4 is 63.8 Å². The van der Waals surface area contributed by atoms with E-state index in [0.717, 1.165) is 11.3 Å². The molecule has 0 N–H and O–H groups in total. The molecule has 0 aliphatic carbocycles. The fraction of sp³-hybridized carbons (Fsp3) is 0. The van der Waals surface area contributed by atoms with E-state index in [1.807, 2.05) is 0 Å². The zero-order chi connectivity index (χ0) is 43.5. The van der Waals surface area contributed by atoms with Crippen molar-refractivity contribution in [1.29, 1.82) is 0 Å². The van der Waals surface area contributed by atoms with E-state index in [4.69, 9.17) is 20.6 Å². The summed E-state index contributed by atoms with van der Waals surface area (Å²) in [6, 6.07) is -17.3. The lowest BCUT2D eigenvalue weighted by Crippen LogP contribution is -1.91. The van der Waals surface area contributed by atoms with Crippen molar-refractivity contribution in [3.05, 3.63) is 133 Å². The molecule has 0 unspecified atom stereocenters. The van der Waals surface area contributed by atoms with Gasteiger partial charge in [0.2, 0.25) is 0 Å². The zero-order valence-electron chi connectivity index (χ0n) is 40.4. The molecule has 0 bridgehead atoms. The van der Waals surface area contributed by atoms with E-state index in [-0.39, 0.29) is 20.2 Å². The van der Waals surface area contributed by atoms with Gasteiger partial charge in [-0.3, -0.25) is 0 Å². The molecule has 0 fully saturated rings. The normalized spacial score (nSPS) is 20.1. The van der Waals surface area contributed by atoms with Gasteiger partial charge in [0.15, 0.2) is 0 Å². The molecule has 1 heteroatoms. The zero-order valence-corrected chi connectivity index (χ0v) is 19.2. The fourth-order valence-corrected chi connectivity index (χ4v) is 5.47. The predicted molar refractivity (Wildman–Crippen MR) is 163 cm³/mol. The first-order valence-corrected chi connectivity index (χ1v) is 11.7. The number of fused-ring (bicyclic) bond motifs is 6. The van der Waals surface area contributed by atoms with E-state index in [1.54, 1.807) is 0 Å². The van der Waals surface area contributed by atoms with E-state index in [0.29, 0.717) is 0 Å². The van der Waals surface area contributed by atoms with Crippen molar-refractivity contribution in [2.45, 2.75) is 0 Å². The summed E-state index contributed by atoms with van der Waals surface area (Å²) in [6.07, 6.45) is 0. The molecule has 0 saturated heterocycles.